The molecule has 0 saturated heterocycles. The van der Waals surface area contributed by atoms with Crippen LogP contribution in [0.25, 0.3) is 0 Å². The maximum Gasteiger partial charge on any atom is 0.255 e. The molecular weight excluding hydrogens is 300 g/mol. The maximum absolute atomic E-state index is 12.3. The Hall–Kier alpha value is -2.62. The molecule has 24 heavy (non-hydrogen) atoms. The molecule has 0 bridgehead atoms. The van der Waals surface area contributed by atoms with Crippen LogP contribution in [0.2, 0.25) is 0 Å². The maximum atomic E-state index is 12.3. The van der Waals surface area contributed by atoms with E-state index in [4.69, 9.17) is 0 Å². The summed E-state index contributed by atoms with van der Waals surface area (Å²) in [7, 11) is 0. The molecule has 1 atom stereocenters. The van der Waals surface area contributed by atoms with E-state index >= 15 is 0 Å². The average molecular weight is 324 g/mol. The Balaban J connectivity index is 2.07. The summed E-state index contributed by atoms with van der Waals surface area (Å²) in [6, 6.07) is 12.7. The zero-order valence-electron chi connectivity index (χ0n) is 14.6. The van der Waals surface area contributed by atoms with Gasteiger partial charge in [0.15, 0.2) is 0 Å². The van der Waals surface area contributed by atoms with Crippen LogP contribution < -0.4 is 10.6 Å². The zero-order valence-corrected chi connectivity index (χ0v) is 14.6. The molecule has 0 spiro atoms. The van der Waals surface area contributed by atoms with Gasteiger partial charge >= 0.3 is 0 Å². The van der Waals surface area contributed by atoms with Gasteiger partial charge in [-0.2, -0.15) is 0 Å². The van der Waals surface area contributed by atoms with Crippen molar-refractivity contribution in [3.05, 3.63) is 64.7 Å². The summed E-state index contributed by atoms with van der Waals surface area (Å²) >= 11 is 0. The summed E-state index contributed by atoms with van der Waals surface area (Å²) in [5.41, 5.74) is 4.05. The Morgan fingerprint density at radius 2 is 1.54 bits per heavy atom. The molecule has 0 aliphatic heterocycles. The Bertz CT molecular complexity index is 736. The number of carbonyl (C=O) groups is 2. The van der Waals surface area contributed by atoms with Gasteiger partial charge in [0.1, 0.15) is 0 Å². The van der Waals surface area contributed by atoms with Crippen molar-refractivity contribution in [2.45, 2.75) is 40.2 Å². The summed E-state index contributed by atoms with van der Waals surface area (Å²) in [5, 5.41) is 5.81. The summed E-state index contributed by atoms with van der Waals surface area (Å²) in [5.74, 6) is -0.304. The molecule has 2 amide bonds. The van der Waals surface area contributed by atoms with E-state index < -0.39 is 0 Å². The van der Waals surface area contributed by atoms with Gasteiger partial charge in [0.2, 0.25) is 0 Å². The lowest BCUT2D eigenvalue weighted by Gasteiger charge is -2.12. The molecule has 126 valence electrons. The molecule has 0 saturated carbocycles. The molecule has 0 radical (unpaired) electrons. The second-order valence-corrected chi connectivity index (χ2v) is 6.13. The lowest BCUT2D eigenvalue weighted by molar-refractivity contribution is 0.0937. The summed E-state index contributed by atoms with van der Waals surface area (Å²) < 4.78 is 0. The Kier molecular flexibility index (Phi) is 5.74. The van der Waals surface area contributed by atoms with E-state index in [2.05, 4.69) is 10.6 Å². The second kappa shape index (κ2) is 7.77. The normalized spacial score (nSPS) is 11.7. The fourth-order valence-corrected chi connectivity index (χ4v) is 2.33. The van der Waals surface area contributed by atoms with Gasteiger partial charge in [-0.05, 0) is 63.1 Å². The molecule has 0 aromatic heterocycles. The standard InChI is InChI=1S/C20H24N2O2/c1-5-15(4)21-19(23)16-7-9-17(10-8-16)20(24)22-18-11-6-13(2)12-14(18)3/h6-12,15H,5H2,1-4H3,(H,21,23)(H,22,24). The van der Waals surface area contributed by atoms with Crippen molar-refractivity contribution in [1.82, 2.24) is 5.32 Å². The minimum Gasteiger partial charge on any atom is -0.350 e. The van der Waals surface area contributed by atoms with E-state index in [9.17, 15) is 9.59 Å². The molecular formula is C20H24N2O2. The van der Waals surface area contributed by atoms with Crippen LogP contribution in [0.3, 0.4) is 0 Å². The van der Waals surface area contributed by atoms with E-state index in [-0.39, 0.29) is 17.9 Å². The molecule has 2 rings (SSSR count). The highest BCUT2D eigenvalue weighted by atomic mass is 16.2. The number of carbonyl (C=O) groups excluding carboxylic acids is 2. The summed E-state index contributed by atoms with van der Waals surface area (Å²) in [6.45, 7) is 7.96. The minimum atomic E-state index is -0.184. The van der Waals surface area contributed by atoms with E-state index in [1.54, 1.807) is 24.3 Å². The van der Waals surface area contributed by atoms with Gasteiger partial charge in [-0.25, -0.2) is 0 Å². The topological polar surface area (TPSA) is 58.2 Å². The monoisotopic (exact) mass is 324 g/mol. The highest BCUT2D eigenvalue weighted by molar-refractivity contribution is 6.05. The highest BCUT2D eigenvalue weighted by Gasteiger charge is 2.11. The van der Waals surface area contributed by atoms with E-state index in [1.165, 1.54) is 0 Å². The van der Waals surface area contributed by atoms with Crippen LogP contribution in [0.4, 0.5) is 5.69 Å². The average Bonchev–Trinajstić information content (AvgIpc) is 2.57. The molecule has 0 fully saturated rings. The summed E-state index contributed by atoms with van der Waals surface area (Å²) in [6.07, 6.45) is 0.877. The Labute approximate surface area is 143 Å². The lowest BCUT2D eigenvalue weighted by atomic mass is 10.1. The van der Waals surface area contributed by atoms with Crippen LogP contribution in [-0.4, -0.2) is 17.9 Å². The Morgan fingerprint density at radius 1 is 0.958 bits per heavy atom. The first-order valence-electron chi connectivity index (χ1n) is 8.20. The van der Waals surface area contributed by atoms with Crippen molar-refractivity contribution in [2.24, 2.45) is 0 Å². The minimum absolute atomic E-state index is 0.120. The molecule has 2 aromatic rings. The van der Waals surface area contributed by atoms with Crippen LogP contribution in [0.1, 0.15) is 52.1 Å². The van der Waals surface area contributed by atoms with Gasteiger partial charge in [0, 0.05) is 22.9 Å². The predicted molar refractivity (Wildman–Crippen MR) is 97.5 cm³/mol. The zero-order chi connectivity index (χ0) is 17.7. The third-order valence-electron chi connectivity index (χ3n) is 4.03. The van der Waals surface area contributed by atoms with Gasteiger partial charge in [-0.3, -0.25) is 9.59 Å². The molecule has 1 unspecified atom stereocenters. The number of rotatable bonds is 5. The number of aryl methyl sites for hydroxylation is 2. The highest BCUT2D eigenvalue weighted by Crippen LogP contribution is 2.17. The van der Waals surface area contributed by atoms with Crippen molar-refractivity contribution >= 4 is 17.5 Å². The quantitative estimate of drug-likeness (QED) is 0.870. The van der Waals surface area contributed by atoms with Crippen LogP contribution in [-0.2, 0) is 0 Å². The van der Waals surface area contributed by atoms with Crippen molar-refractivity contribution in [2.75, 3.05) is 5.32 Å². The third kappa shape index (κ3) is 4.44. The number of nitrogens with one attached hydrogen (secondary N) is 2. The second-order valence-electron chi connectivity index (χ2n) is 6.13. The molecule has 0 heterocycles. The van der Waals surface area contributed by atoms with Crippen LogP contribution in [0.5, 0.6) is 0 Å². The first kappa shape index (κ1) is 17.7. The number of hydrogen-bond donors (Lipinski definition) is 2. The molecule has 4 heteroatoms. The fourth-order valence-electron chi connectivity index (χ4n) is 2.33. The number of benzene rings is 2. The van der Waals surface area contributed by atoms with Crippen LogP contribution >= 0.6 is 0 Å². The number of hydrogen-bond acceptors (Lipinski definition) is 2. The molecule has 2 N–H and O–H groups in total. The van der Waals surface area contributed by atoms with Crippen LogP contribution in [0.15, 0.2) is 42.5 Å². The van der Waals surface area contributed by atoms with Crippen molar-refractivity contribution < 1.29 is 9.59 Å². The van der Waals surface area contributed by atoms with Crippen molar-refractivity contribution in [1.29, 1.82) is 0 Å². The third-order valence-corrected chi connectivity index (χ3v) is 4.03. The van der Waals surface area contributed by atoms with E-state index in [0.29, 0.717) is 11.1 Å². The van der Waals surface area contributed by atoms with Gasteiger partial charge in [0.05, 0.1) is 0 Å². The molecule has 0 aliphatic rings. The molecule has 2 aromatic carbocycles. The first-order valence-corrected chi connectivity index (χ1v) is 8.20. The number of anilines is 1. The first-order chi connectivity index (χ1) is 11.4. The van der Waals surface area contributed by atoms with Gasteiger partial charge in [-0.1, -0.05) is 24.6 Å². The molecule has 0 aliphatic carbocycles. The number of amides is 2. The Morgan fingerprint density at radius 3 is 2.08 bits per heavy atom. The summed E-state index contributed by atoms with van der Waals surface area (Å²) in [4.78, 5) is 24.4. The van der Waals surface area contributed by atoms with Crippen molar-refractivity contribution in [3.63, 3.8) is 0 Å². The smallest absolute Gasteiger partial charge is 0.255 e. The fraction of sp³-hybridized carbons (Fsp3) is 0.300. The van der Waals surface area contributed by atoms with Crippen LogP contribution in [0, 0.1) is 13.8 Å². The predicted octanol–water partition coefficient (Wildman–Crippen LogP) is 4.08. The van der Waals surface area contributed by atoms with Gasteiger partial charge in [0.25, 0.3) is 11.8 Å². The van der Waals surface area contributed by atoms with E-state index in [0.717, 1.165) is 23.2 Å². The lowest BCUT2D eigenvalue weighted by Crippen LogP contribution is -2.31. The van der Waals surface area contributed by atoms with Crippen molar-refractivity contribution in [3.8, 4) is 0 Å². The van der Waals surface area contributed by atoms with E-state index in [1.807, 2.05) is 45.9 Å². The largest absolute Gasteiger partial charge is 0.350 e. The SMILES string of the molecule is CCC(C)NC(=O)c1ccc(C(=O)Nc2ccc(C)cc2C)cc1. The van der Waals surface area contributed by atoms with Gasteiger partial charge in [-0.15, -0.1) is 0 Å². The van der Waals surface area contributed by atoms with Gasteiger partial charge < -0.3 is 10.6 Å². The molecule has 4 nitrogen and oxygen atoms in total.